The number of pyridine rings is 1. The van der Waals surface area contributed by atoms with Crippen molar-refractivity contribution in [3.05, 3.63) is 82.5 Å². The maximum atomic E-state index is 13.3. The molecule has 0 spiro atoms. The van der Waals surface area contributed by atoms with Gasteiger partial charge in [-0.1, -0.05) is 32.9 Å². The zero-order valence-corrected chi connectivity index (χ0v) is 22.3. The highest BCUT2D eigenvalue weighted by Gasteiger charge is 2.23. The van der Waals surface area contributed by atoms with Crippen LogP contribution in [0.3, 0.4) is 0 Å². The topological polar surface area (TPSA) is 92.3 Å². The van der Waals surface area contributed by atoms with E-state index in [1.54, 1.807) is 18.3 Å². The summed E-state index contributed by atoms with van der Waals surface area (Å²) < 4.78 is 6.05. The van der Waals surface area contributed by atoms with E-state index in [1.807, 2.05) is 31.3 Å². The first kappa shape index (κ1) is 26.4. The molecule has 7 nitrogen and oxygen atoms in total. The van der Waals surface area contributed by atoms with Crippen LogP contribution in [0.5, 0.6) is 11.5 Å². The van der Waals surface area contributed by atoms with Gasteiger partial charge in [-0.05, 0) is 84.3 Å². The molecule has 3 N–H and O–H groups in total. The van der Waals surface area contributed by atoms with Gasteiger partial charge in [0.2, 0.25) is 5.91 Å². The van der Waals surface area contributed by atoms with Crippen LogP contribution >= 0.6 is 0 Å². The molecule has 0 bridgehead atoms. The number of rotatable bonds is 7. The molecule has 37 heavy (non-hydrogen) atoms. The Kier molecular flexibility index (Phi) is 7.93. The Balaban J connectivity index is 1.47. The van der Waals surface area contributed by atoms with Gasteiger partial charge < -0.3 is 20.7 Å². The molecule has 0 saturated carbocycles. The fourth-order valence-electron chi connectivity index (χ4n) is 4.61. The minimum absolute atomic E-state index is 0.0356. The highest BCUT2D eigenvalue weighted by Crippen LogP contribution is 2.30. The van der Waals surface area contributed by atoms with E-state index in [-0.39, 0.29) is 23.3 Å². The summed E-state index contributed by atoms with van der Waals surface area (Å²) in [6.45, 7) is 8.65. The molecule has 1 unspecified atom stereocenters. The molecule has 0 fully saturated rings. The van der Waals surface area contributed by atoms with Crippen LogP contribution in [0.1, 0.15) is 66.7 Å². The predicted octanol–water partition coefficient (Wildman–Crippen LogP) is 5.14. The molecule has 0 saturated heterocycles. The first-order chi connectivity index (χ1) is 17.6. The number of fused-ring (bicyclic) bond motifs is 1. The Hall–Kier alpha value is -3.71. The molecule has 1 atom stereocenters. The normalized spacial score (nSPS) is 15.0. The fourth-order valence-corrected chi connectivity index (χ4v) is 4.61. The predicted molar refractivity (Wildman–Crippen MR) is 146 cm³/mol. The molecule has 3 aromatic rings. The Morgan fingerprint density at radius 1 is 1.03 bits per heavy atom. The van der Waals surface area contributed by atoms with Gasteiger partial charge in [-0.2, -0.15) is 0 Å². The molecule has 2 amide bonds. The molecule has 4 rings (SSSR count). The van der Waals surface area contributed by atoms with Crippen LogP contribution in [0.25, 0.3) is 0 Å². The molecule has 1 aliphatic rings. The lowest BCUT2D eigenvalue weighted by Gasteiger charge is -2.27. The van der Waals surface area contributed by atoms with Crippen molar-refractivity contribution < 1.29 is 14.3 Å². The lowest BCUT2D eigenvalue weighted by molar-refractivity contribution is -0.114. The van der Waals surface area contributed by atoms with E-state index in [9.17, 15) is 9.59 Å². The molecule has 1 aromatic heterocycles. The Morgan fingerprint density at radius 2 is 1.81 bits per heavy atom. The standard InChI is InChI=1S/C30H36N4O3/c1-19(35)33-28-17-27(10-11-32-28)37-26-9-7-21-6-8-25(15-22(21)16-26)34-29(36)23-12-20(18-31-5)13-24(14-23)30(2,3)4/h7,9-14,16-17,25,31H,6,8,15,18H2,1-5H3,(H,34,36)(H,32,33,35). The monoisotopic (exact) mass is 500 g/mol. The molecule has 2 aromatic carbocycles. The lowest BCUT2D eigenvalue weighted by atomic mass is 9.84. The third-order valence-corrected chi connectivity index (χ3v) is 6.51. The second-order valence-corrected chi connectivity index (χ2v) is 10.7. The summed E-state index contributed by atoms with van der Waals surface area (Å²) in [5, 5.41) is 9.13. The number of carbonyl (C=O) groups is 2. The number of carbonyl (C=O) groups excluding carboxylic acids is 2. The van der Waals surface area contributed by atoms with E-state index in [1.165, 1.54) is 18.1 Å². The van der Waals surface area contributed by atoms with Crippen LogP contribution in [0.15, 0.2) is 54.7 Å². The summed E-state index contributed by atoms with van der Waals surface area (Å²) in [5.41, 5.74) is 5.36. The van der Waals surface area contributed by atoms with E-state index in [2.05, 4.69) is 53.8 Å². The summed E-state index contributed by atoms with van der Waals surface area (Å²) in [4.78, 5) is 28.7. The van der Waals surface area contributed by atoms with Crippen molar-refractivity contribution in [1.29, 1.82) is 0 Å². The van der Waals surface area contributed by atoms with Gasteiger partial charge in [0.15, 0.2) is 0 Å². The number of hydrogen-bond acceptors (Lipinski definition) is 5. The summed E-state index contributed by atoms with van der Waals surface area (Å²) in [6, 6.07) is 15.8. The van der Waals surface area contributed by atoms with Gasteiger partial charge in [0.1, 0.15) is 17.3 Å². The lowest BCUT2D eigenvalue weighted by Crippen LogP contribution is -2.39. The average molecular weight is 501 g/mol. The van der Waals surface area contributed by atoms with Crippen molar-refractivity contribution in [2.45, 2.75) is 65.0 Å². The van der Waals surface area contributed by atoms with Gasteiger partial charge >= 0.3 is 0 Å². The number of ether oxygens (including phenoxy) is 1. The fraction of sp³-hybridized carbons (Fsp3) is 0.367. The van der Waals surface area contributed by atoms with Gasteiger partial charge in [0, 0.05) is 37.3 Å². The van der Waals surface area contributed by atoms with Crippen LogP contribution in [0.2, 0.25) is 0 Å². The van der Waals surface area contributed by atoms with Crippen LogP contribution < -0.4 is 20.7 Å². The summed E-state index contributed by atoms with van der Waals surface area (Å²) >= 11 is 0. The van der Waals surface area contributed by atoms with Crippen LogP contribution in [-0.4, -0.2) is 29.9 Å². The Labute approximate surface area is 219 Å². The minimum atomic E-state index is -0.185. The first-order valence-corrected chi connectivity index (χ1v) is 12.7. The maximum absolute atomic E-state index is 13.3. The van der Waals surface area contributed by atoms with E-state index in [0.29, 0.717) is 29.4 Å². The minimum Gasteiger partial charge on any atom is -0.457 e. The quantitative estimate of drug-likeness (QED) is 0.418. The zero-order valence-electron chi connectivity index (χ0n) is 22.3. The number of aromatic nitrogens is 1. The van der Waals surface area contributed by atoms with Gasteiger partial charge in [-0.25, -0.2) is 4.98 Å². The molecule has 1 heterocycles. The Bertz CT molecular complexity index is 1300. The van der Waals surface area contributed by atoms with E-state index >= 15 is 0 Å². The zero-order chi connectivity index (χ0) is 26.6. The third kappa shape index (κ3) is 6.95. The van der Waals surface area contributed by atoms with Crippen molar-refractivity contribution in [3.8, 4) is 11.5 Å². The molecule has 194 valence electrons. The van der Waals surface area contributed by atoms with Crippen LogP contribution in [0.4, 0.5) is 5.82 Å². The van der Waals surface area contributed by atoms with E-state index in [4.69, 9.17) is 4.74 Å². The van der Waals surface area contributed by atoms with Gasteiger partial charge in [0.25, 0.3) is 5.91 Å². The van der Waals surface area contributed by atoms with Gasteiger partial charge in [0.05, 0.1) is 0 Å². The summed E-state index contributed by atoms with van der Waals surface area (Å²) in [6.07, 6.45) is 4.14. The highest BCUT2D eigenvalue weighted by atomic mass is 16.5. The van der Waals surface area contributed by atoms with Crippen molar-refractivity contribution in [1.82, 2.24) is 15.6 Å². The number of nitrogens with zero attached hydrogens (tertiary/aromatic N) is 1. The number of aryl methyl sites for hydroxylation is 1. The third-order valence-electron chi connectivity index (χ3n) is 6.51. The van der Waals surface area contributed by atoms with Crippen LogP contribution in [-0.2, 0) is 29.6 Å². The van der Waals surface area contributed by atoms with E-state index < -0.39 is 0 Å². The second-order valence-electron chi connectivity index (χ2n) is 10.7. The smallest absolute Gasteiger partial charge is 0.251 e. The van der Waals surface area contributed by atoms with E-state index in [0.717, 1.165) is 30.4 Å². The molecule has 7 heteroatoms. The average Bonchev–Trinajstić information content (AvgIpc) is 2.83. The molecule has 1 aliphatic carbocycles. The molecule has 0 aliphatic heterocycles. The summed E-state index contributed by atoms with van der Waals surface area (Å²) in [5.74, 6) is 1.52. The maximum Gasteiger partial charge on any atom is 0.251 e. The van der Waals surface area contributed by atoms with Gasteiger partial charge in [-0.3, -0.25) is 9.59 Å². The largest absolute Gasteiger partial charge is 0.457 e. The number of hydrogen-bond donors (Lipinski definition) is 3. The Morgan fingerprint density at radius 3 is 2.54 bits per heavy atom. The SMILES string of the molecule is CNCc1cc(C(=O)NC2CCc3ccc(Oc4ccnc(NC(C)=O)c4)cc3C2)cc(C(C)(C)C)c1. The summed E-state index contributed by atoms with van der Waals surface area (Å²) in [7, 11) is 1.91. The van der Waals surface area contributed by atoms with Crippen molar-refractivity contribution in [2.24, 2.45) is 0 Å². The van der Waals surface area contributed by atoms with Crippen LogP contribution in [0, 0.1) is 0 Å². The van der Waals surface area contributed by atoms with Crippen molar-refractivity contribution in [2.75, 3.05) is 12.4 Å². The van der Waals surface area contributed by atoms with Gasteiger partial charge in [-0.15, -0.1) is 0 Å². The molecular formula is C30H36N4O3. The van der Waals surface area contributed by atoms with Crippen molar-refractivity contribution >= 4 is 17.6 Å². The molecular weight excluding hydrogens is 464 g/mol. The number of anilines is 1. The van der Waals surface area contributed by atoms with Crippen molar-refractivity contribution in [3.63, 3.8) is 0 Å². The number of benzene rings is 2. The number of amides is 2. The molecule has 0 radical (unpaired) electrons. The second kappa shape index (κ2) is 11.1. The first-order valence-electron chi connectivity index (χ1n) is 12.7. The number of nitrogens with one attached hydrogen (secondary N) is 3. The highest BCUT2D eigenvalue weighted by molar-refractivity contribution is 5.95.